The Hall–Kier alpha value is -2.47. The van der Waals surface area contributed by atoms with E-state index >= 15 is 0 Å². The van der Waals surface area contributed by atoms with Crippen molar-refractivity contribution in [3.63, 3.8) is 0 Å². The Balaban J connectivity index is 1.84. The highest BCUT2D eigenvalue weighted by atomic mass is 35.5. The maximum Gasteiger partial charge on any atom is 0.147 e. The molecule has 0 aliphatic carbocycles. The van der Waals surface area contributed by atoms with E-state index in [-0.39, 0.29) is 5.02 Å². The van der Waals surface area contributed by atoms with Crippen LogP contribution in [0.1, 0.15) is 5.76 Å². The molecule has 0 saturated carbocycles. The molecule has 0 bridgehead atoms. The zero-order valence-electron chi connectivity index (χ0n) is 10.1. The average Bonchev–Trinajstić information content (AvgIpc) is 3.10. The van der Waals surface area contributed by atoms with Gasteiger partial charge in [0.2, 0.25) is 0 Å². The highest BCUT2D eigenvalue weighted by Gasteiger charge is 2.06. The minimum atomic E-state index is -0.462. The van der Waals surface area contributed by atoms with Gasteiger partial charge in [-0.2, -0.15) is 5.10 Å². The van der Waals surface area contributed by atoms with Crippen LogP contribution in [0.25, 0.3) is 11.3 Å². The third-order valence-electron chi connectivity index (χ3n) is 2.56. The van der Waals surface area contributed by atoms with E-state index in [4.69, 9.17) is 16.0 Å². The first-order valence-corrected chi connectivity index (χ1v) is 6.04. The van der Waals surface area contributed by atoms with Crippen LogP contribution in [0.4, 0.5) is 4.39 Å². The predicted molar refractivity (Wildman–Crippen MR) is 72.1 cm³/mol. The van der Waals surface area contributed by atoms with Crippen molar-refractivity contribution in [3.8, 4) is 11.3 Å². The highest BCUT2D eigenvalue weighted by molar-refractivity contribution is 6.31. The average molecular weight is 291 g/mol. The lowest BCUT2D eigenvalue weighted by Crippen LogP contribution is -1.85. The van der Waals surface area contributed by atoms with E-state index < -0.39 is 5.82 Å². The molecule has 0 unspecified atom stereocenters. The number of aromatic nitrogens is 3. The van der Waals surface area contributed by atoms with Gasteiger partial charge in [0.25, 0.3) is 0 Å². The molecule has 2 heterocycles. The number of benzene rings is 1. The number of hydrogen-bond donors (Lipinski definition) is 0. The molecule has 100 valence electrons. The Morgan fingerprint density at radius 1 is 1.20 bits per heavy atom. The number of hydrogen-bond acceptors (Lipinski definition) is 4. The van der Waals surface area contributed by atoms with Crippen molar-refractivity contribution in [2.75, 3.05) is 0 Å². The van der Waals surface area contributed by atoms with E-state index in [1.165, 1.54) is 35.7 Å². The van der Waals surface area contributed by atoms with Crippen molar-refractivity contribution in [2.45, 2.75) is 0 Å². The molecule has 0 aliphatic heterocycles. The molecule has 7 heteroatoms. The SMILES string of the molecule is Fc1ccc(-c2ccc(C=Nn3cnnc3)o2)cc1Cl. The maximum absolute atomic E-state index is 13.1. The number of furan rings is 1. The molecule has 0 aliphatic rings. The Morgan fingerprint density at radius 2 is 2.00 bits per heavy atom. The van der Waals surface area contributed by atoms with Gasteiger partial charge in [0.05, 0.1) is 11.2 Å². The molecule has 0 spiro atoms. The van der Waals surface area contributed by atoms with Gasteiger partial charge in [-0.3, -0.25) is 0 Å². The van der Waals surface area contributed by atoms with Gasteiger partial charge in [0.15, 0.2) is 0 Å². The van der Waals surface area contributed by atoms with Gasteiger partial charge in [-0.05, 0) is 30.3 Å². The van der Waals surface area contributed by atoms with E-state index in [2.05, 4.69) is 15.3 Å². The first kappa shape index (κ1) is 12.6. The van der Waals surface area contributed by atoms with E-state index in [9.17, 15) is 4.39 Å². The van der Waals surface area contributed by atoms with Crippen LogP contribution >= 0.6 is 11.6 Å². The van der Waals surface area contributed by atoms with Gasteiger partial charge in [-0.1, -0.05) is 11.6 Å². The van der Waals surface area contributed by atoms with Crippen molar-refractivity contribution >= 4 is 17.8 Å². The van der Waals surface area contributed by atoms with Crippen molar-refractivity contribution in [3.05, 3.63) is 59.6 Å². The second-order valence-corrected chi connectivity index (χ2v) is 4.32. The monoisotopic (exact) mass is 290 g/mol. The topological polar surface area (TPSA) is 56.2 Å². The minimum Gasteiger partial charge on any atom is -0.455 e. The van der Waals surface area contributed by atoms with Crippen molar-refractivity contribution in [1.29, 1.82) is 0 Å². The minimum absolute atomic E-state index is 0.0543. The van der Waals surface area contributed by atoms with Crippen LogP contribution in [-0.2, 0) is 0 Å². The summed E-state index contributed by atoms with van der Waals surface area (Å²) in [5.41, 5.74) is 0.695. The summed E-state index contributed by atoms with van der Waals surface area (Å²) in [7, 11) is 0. The quantitative estimate of drug-likeness (QED) is 0.696. The molecule has 5 nitrogen and oxygen atoms in total. The van der Waals surface area contributed by atoms with E-state index in [1.54, 1.807) is 18.2 Å². The van der Waals surface area contributed by atoms with Gasteiger partial charge in [-0.15, -0.1) is 10.2 Å². The Bertz CT molecular complexity index is 752. The first-order valence-electron chi connectivity index (χ1n) is 5.66. The maximum atomic E-state index is 13.1. The fraction of sp³-hybridized carbons (Fsp3) is 0. The molecule has 3 rings (SSSR count). The molecular formula is C13H8ClFN4O. The van der Waals surface area contributed by atoms with Gasteiger partial charge < -0.3 is 4.42 Å². The molecule has 0 N–H and O–H groups in total. The summed E-state index contributed by atoms with van der Waals surface area (Å²) in [6.45, 7) is 0. The molecule has 0 saturated heterocycles. The Labute approximate surface area is 118 Å². The van der Waals surface area contributed by atoms with Crippen LogP contribution in [0.15, 0.2) is 52.5 Å². The normalized spacial score (nSPS) is 11.3. The zero-order chi connectivity index (χ0) is 13.9. The van der Waals surface area contributed by atoms with Gasteiger partial charge >= 0.3 is 0 Å². The van der Waals surface area contributed by atoms with Crippen LogP contribution in [0, 0.1) is 5.82 Å². The predicted octanol–water partition coefficient (Wildman–Crippen LogP) is 3.21. The van der Waals surface area contributed by atoms with Crippen molar-refractivity contribution in [1.82, 2.24) is 14.9 Å². The summed E-state index contributed by atoms with van der Waals surface area (Å²) >= 11 is 5.74. The second kappa shape index (κ2) is 5.26. The Morgan fingerprint density at radius 3 is 2.75 bits per heavy atom. The van der Waals surface area contributed by atoms with Crippen molar-refractivity contribution < 1.29 is 8.81 Å². The largest absolute Gasteiger partial charge is 0.455 e. The summed E-state index contributed by atoms with van der Waals surface area (Å²) in [6.07, 6.45) is 4.44. The second-order valence-electron chi connectivity index (χ2n) is 3.92. The molecule has 0 radical (unpaired) electrons. The molecular weight excluding hydrogens is 283 g/mol. The molecule has 20 heavy (non-hydrogen) atoms. The standard InChI is InChI=1S/C13H8ClFN4O/c14-11-5-9(1-3-12(11)15)13-4-2-10(20-13)6-18-19-7-16-17-8-19/h1-8H. The van der Waals surface area contributed by atoms with Gasteiger partial charge in [0.1, 0.15) is 30.0 Å². The first-order chi connectivity index (χ1) is 9.72. The zero-order valence-corrected chi connectivity index (χ0v) is 10.8. The molecule has 0 fully saturated rings. The lowest BCUT2D eigenvalue weighted by atomic mass is 10.2. The Kier molecular flexibility index (Phi) is 3.30. The smallest absolute Gasteiger partial charge is 0.147 e. The number of nitrogens with zero attached hydrogens (tertiary/aromatic N) is 4. The number of rotatable bonds is 3. The molecule has 1 aromatic carbocycles. The van der Waals surface area contributed by atoms with Crippen LogP contribution < -0.4 is 0 Å². The lowest BCUT2D eigenvalue weighted by Gasteiger charge is -1.98. The van der Waals surface area contributed by atoms with E-state index in [0.717, 1.165) is 0 Å². The fourth-order valence-electron chi connectivity index (χ4n) is 1.61. The summed E-state index contributed by atoms with van der Waals surface area (Å²) < 4.78 is 20.1. The summed E-state index contributed by atoms with van der Waals surface area (Å²) in [4.78, 5) is 0. The van der Waals surface area contributed by atoms with Gasteiger partial charge in [-0.25, -0.2) is 9.07 Å². The summed E-state index contributed by atoms with van der Waals surface area (Å²) in [5.74, 6) is 0.669. The third-order valence-corrected chi connectivity index (χ3v) is 2.85. The van der Waals surface area contributed by atoms with Gasteiger partial charge in [0, 0.05) is 5.56 Å². The highest BCUT2D eigenvalue weighted by Crippen LogP contribution is 2.26. The van der Waals surface area contributed by atoms with E-state index in [0.29, 0.717) is 17.1 Å². The third kappa shape index (κ3) is 2.60. The summed E-state index contributed by atoms with van der Waals surface area (Å²) in [6, 6.07) is 7.92. The van der Waals surface area contributed by atoms with E-state index in [1.807, 2.05) is 0 Å². The van der Waals surface area contributed by atoms with Crippen LogP contribution in [0.2, 0.25) is 5.02 Å². The fourth-order valence-corrected chi connectivity index (χ4v) is 1.79. The molecule has 0 amide bonds. The van der Waals surface area contributed by atoms with Crippen molar-refractivity contribution in [2.24, 2.45) is 5.10 Å². The van der Waals surface area contributed by atoms with Crippen LogP contribution in [0.3, 0.4) is 0 Å². The molecule has 0 atom stereocenters. The van der Waals surface area contributed by atoms with Crippen LogP contribution in [-0.4, -0.2) is 21.1 Å². The number of halogens is 2. The molecule has 2 aromatic heterocycles. The lowest BCUT2D eigenvalue weighted by molar-refractivity contribution is 0.573. The van der Waals surface area contributed by atoms with Crippen LogP contribution in [0.5, 0.6) is 0 Å². The molecule has 3 aromatic rings. The summed E-state index contributed by atoms with van der Waals surface area (Å²) in [5, 5.41) is 11.4.